The molecular weight excluding hydrogens is 362 g/mol. The first-order chi connectivity index (χ1) is 13.4. The van der Waals surface area contributed by atoms with Crippen LogP contribution in [0, 0.1) is 0 Å². The molecule has 28 heavy (non-hydrogen) atoms. The third-order valence-corrected chi connectivity index (χ3v) is 4.12. The molecule has 1 aromatic heterocycles. The van der Waals surface area contributed by atoms with Crippen molar-refractivity contribution in [3.8, 4) is 11.5 Å². The molecule has 2 aromatic rings. The van der Waals surface area contributed by atoms with Crippen LogP contribution in [0.25, 0.3) is 5.57 Å². The molecule has 1 aromatic carbocycles. The summed E-state index contributed by atoms with van der Waals surface area (Å²) in [7, 11) is 0. The van der Waals surface area contributed by atoms with Gasteiger partial charge in [0.05, 0.1) is 6.26 Å². The average molecular weight is 387 g/mol. The van der Waals surface area contributed by atoms with Crippen LogP contribution in [-0.2, 0) is 16.2 Å². The predicted octanol–water partition coefficient (Wildman–Crippen LogP) is 3.59. The number of hydrogen-bond acceptors (Lipinski definition) is 5. The largest absolute Gasteiger partial charge is 0.482 e. The molecule has 0 aliphatic heterocycles. The molecule has 0 spiro atoms. The Balaban J connectivity index is 2.23. The van der Waals surface area contributed by atoms with E-state index in [4.69, 9.17) is 19.0 Å². The van der Waals surface area contributed by atoms with Gasteiger partial charge in [-0.2, -0.15) is 0 Å². The summed E-state index contributed by atoms with van der Waals surface area (Å²) < 4.78 is 16.3. The first-order valence-corrected chi connectivity index (χ1v) is 9.06. The minimum absolute atomic E-state index is 0.0753. The van der Waals surface area contributed by atoms with Crippen molar-refractivity contribution in [3.05, 3.63) is 54.0 Å². The lowest BCUT2D eigenvalue weighted by molar-refractivity contribution is -0.139. The number of carbonyl (C=O) groups excluding carboxylic acids is 1. The maximum absolute atomic E-state index is 12.3. The molecule has 0 aliphatic carbocycles. The molecule has 0 saturated heterocycles. The first-order valence-electron chi connectivity index (χ1n) is 9.06. The number of aliphatic carboxylic acids is 1. The van der Waals surface area contributed by atoms with E-state index >= 15 is 0 Å². The quantitative estimate of drug-likeness (QED) is 0.627. The summed E-state index contributed by atoms with van der Waals surface area (Å²) in [5.41, 5.74) is 1.49. The second-order valence-corrected chi connectivity index (χ2v) is 6.05. The second kappa shape index (κ2) is 10.2. The predicted molar refractivity (Wildman–Crippen MR) is 104 cm³/mol. The van der Waals surface area contributed by atoms with Crippen LogP contribution >= 0.6 is 0 Å². The number of nitrogens with zero attached hydrogens (tertiary/aromatic N) is 1. The van der Waals surface area contributed by atoms with Crippen molar-refractivity contribution in [3.63, 3.8) is 0 Å². The molecule has 0 aliphatic rings. The van der Waals surface area contributed by atoms with E-state index in [9.17, 15) is 9.59 Å². The highest BCUT2D eigenvalue weighted by Gasteiger charge is 2.12. The van der Waals surface area contributed by atoms with E-state index < -0.39 is 12.6 Å². The van der Waals surface area contributed by atoms with Gasteiger partial charge >= 0.3 is 5.97 Å². The molecule has 2 rings (SSSR count). The van der Waals surface area contributed by atoms with Gasteiger partial charge in [-0.1, -0.05) is 6.07 Å². The van der Waals surface area contributed by atoms with Gasteiger partial charge in [0.1, 0.15) is 12.4 Å². The van der Waals surface area contributed by atoms with Gasteiger partial charge in [0.25, 0.3) is 0 Å². The van der Waals surface area contributed by atoms with Crippen molar-refractivity contribution in [2.24, 2.45) is 0 Å². The number of likely N-dealkylation sites (N-methyl/N-ethyl adjacent to an activating group) is 1. The van der Waals surface area contributed by atoms with Gasteiger partial charge in [-0.25, -0.2) is 4.79 Å². The highest BCUT2D eigenvalue weighted by molar-refractivity contribution is 5.95. The smallest absolute Gasteiger partial charge is 0.341 e. The normalized spacial score (nSPS) is 11.2. The van der Waals surface area contributed by atoms with E-state index in [2.05, 4.69) is 0 Å². The zero-order valence-corrected chi connectivity index (χ0v) is 16.3. The van der Waals surface area contributed by atoms with Crippen LogP contribution in [-0.4, -0.2) is 41.6 Å². The summed E-state index contributed by atoms with van der Waals surface area (Å²) in [6.07, 6.45) is 3.11. The highest BCUT2D eigenvalue weighted by atomic mass is 16.5. The number of amides is 1. The number of rotatable bonds is 10. The minimum atomic E-state index is -1.09. The van der Waals surface area contributed by atoms with E-state index in [0.29, 0.717) is 24.6 Å². The number of ether oxygens (including phenoxy) is 2. The van der Waals surface area contributed by atoms with E-state index in [1.165, 1.54) is 0 Å². The Morgan fingerprint density at radius 3 is 2.50 bits per heavy atom. The highest BCUT2D eigenvalue weighted by Crippen LogP contribution is 2.31. The van der Waals surface area contributed by atoms with Gasteiger partial charge in [-0.15, -0.1) is 0 Å². The SMILES string of the molecule is CCN(CC)C(=O)C=C(C)c1ccc(OCc2ccco2)c(OCC(=O)O)c1. The number of carboxylic acid groups (broad SMARTS) is 1. The lowest BCUT2D eigenvalue weighted by atomic mass is 10.1. The molecular formula is C21H25NO6. The Bertz CT molecular complexity index is 821. The van der Waals surface area contributed by atoms with Crippen molar-refractivity contribution < 1.29 is 28.6 Å². The van der Waals surface area contributed by atoms with Crippen molar-refractivity contribution in [2.45, 2.75) is 27.4 Å². The van der Waals surface area contributed by atoms with E-state index in [1.54, 1.807) is 47.6 Å². The third-order valence-electron chi connectivity index (χ3n) is 4.12. The van der Waals surface area contributed by atoms with Gasteiger partial charge in [0.15, 0.2) is 18.1 Å². The fourth-order valence-electron chi connectivity index (χ4n) is 2.56. The average Bonchev–Trinajstić information content (AvgIpc) is 3.19. The van der Waals surface area contributed by atoms with Crippen LogP contribution in [0.15, 0.2) is 47.1 Å². The standard InChI is InChI=1S/C21H25NO6/c1-4-22(5-2)20(23)11-15(3)16-8-9-18(19(12-16)28-14-21(24)25)27-13-17-7-6-10-26-17/h6-12H,4-5,13-14H2,1-3H3,(H,24,25). The van der Waals surface area contributed by atoms with Crippen LogP contribution in [0.1, 0.15) is 32.1 Å². The Morgan fingerprint density at radius 2 is 1.89 bits per heavy atom. The molecule has 7 nitrogen and oxygen atoms in total. The van der Waals surface area contributed by atoms with Gasteiger partial charge in [0, 0.05) is 19.2 Å². The number of allylic oxidation sites excluding steroid dienone is 1. The van der Waals surface area contributed by atoms with Crippen molar-refractivity contribution in [2.75, 3.05) is 19.7 Å². The number of carboxylic acids is 1. The third kappa shape index (κ3) is 5.90. The molecule has 0 unspecified atom stereocenters. The molecule has 1 N–H and O–H groups in total. The second-order valence-electron chi connectivity index (χ2n) is 6.05. The zero-order chi connectivity index (χ0) is 20.5. The molecule has 0 bridgehead atoms. The summed E-state index contributed by atoms with van der Waals surface area (Å²) in [4.78, 5) is 24.9. The summed E-state index contributed by atoms with van der Waals surface area (Å²) >= 11 is 0. The molecule has 1 heterocycles. The molecule has 0 fully saturated rings. The maximum atomic E-state index is 12.3. The van der Waals surface area contributed by atoms with Gasteiger partial charge in [-0.3, -0.25) is 4.79 Å². The molecule has 0 saturated carbocycles. The fraction of sp³-hybridized carbons (Fsp3) is 0.333. The van der Waals surface area contributed by atoms with Crippen LogP contribution in [0.5, 0.6) is 11.5 Å². The molecule has 0 atom stereocenters. The first kappa shape index (κ1) is 21.1. The van der Waals surface area contributed by atoms with E-state index in [-0.39, 0.29) is 18.3 Å². The number of carbonyl (C=O) groups is 2. The van der Waals surface area contributed by atoms with E-state index in [0.717, 1.165) is 11.1 Å². The monoisotopic (exact) mass is 387 g/mol. The van der Waals surface area contributed by atoms with Gasteiger partial charge in [-0.05, 0) is 56.2 Å². The van der Waals surface area contributed by atoms with Crippen LogP contribution < -0.4 is 9.47 Å². The summed E-state index contributed by atoms with van der Waals surface area (Å²) in [5, 5.41) is 8.92. The van der Waals surface area contributed by atoms with Crippen molar-refractivity contribution in [1.29, 1.82) is 0 Å². The Kier molecular flexibility index (Phi) is 7.68. The van der Waals surface area contributed by atoms with Crippen LogP contribution in [0.2, 0.25) is 0 Å². The Morgan fingerprint density at radius 1 is 1.14 bits per heavy atom. The van der Waals surface area contributed by atoms with Gasteiger partial charge in [0.2, 0.25) is 5.91 Å². The fourth-order valence-corrected chi connectivity index (χ4v) is 2.56. The van der Waals surface area contributed by atoms with Gasteiger partial charge < -0.3 is 23.9 Å². The Labute approximate surface area is 164 Å². The zero-order valence-electron chi connectivity index (χ0n) is 16.3. The maximum Gasteiger partial charge on any atom is 0.341 e. The molecule has 7 heteroatoms. The number of furan rings is 1. The summed E-state index contributed by atoms with van der Waals surface area (Å²) in [6.45, 7) is 6.62. The molecule has 150 valence electrons. The summed E-state index contributed by atoms with van der Waals surface area (Å²) in [6, 6.07) is 8.69. The molecule has 1 amide bonds. The lowest BCUT2D eigenvalue weighted by Gasteiger charge is -2.17. The lowest BCUT2D eigenvalue weighted by Crippen LogP contribution is -2.28. The summed E-state index contributed by atoms with van der Waals surface area (Å²) in [5.74, 6) is 0.146. The van der Waals surface area contributed by atoms with E-state index in [1.807, 2.05) is 20.8 Å². The van der Waals surface area contributed by atoms with Crippen molar-refractivity contribution in [1.82, 2.24) is 4.90 Å². The topological polar surface area (TPSA) is 89.2 Å². The van der Waals surface area contributed by atoms with Crippen LogP contribution in [0.3, 0.4) is 0 Å². The Hall–Kier alpha value is -3.22. The minimum Gasteiger partial charge on any atom is -0.482 e. The van der Waals surface area contributed by atoms with Crippen LogP contribution in [0.4, 0.5) is 0 Å². The number of hydrogen-bond donors (Lipinski definition) is 1. The molecule has 0 radical (unpaired) electrons. The number of benzene rings is 1. The van der Waals surface area contributed by atoms with Crippen molar-refractivity contribution >= 4 is 17.4 Å².